The summed E-state index contributed by atoms with van der Waals surface area (Å²) in [5, 5.41) is 9.84. The Bertz CT molecular complexity index is 420. The summed E-state index contributed by atoms with van der Waals surface area (Å²) < 4.78 is 26.3. The molecular formula is C13H12F2O. The Labute approximate surface area is 93.4 Å². The number of benzene rings is 1. The van der Waals surface area contributed by atoms with Crippen LogP contribution in [0.25, 0.3) is 0 Å². The molecule has 1 aromatic carbocycles. The van der Waals surface area contributed by atoms with Gasteiger partial charge in [-0.1, -0.05) is 6.08 Å². The molecule has 1 rings (SSSR count). The Hall–Kier alpha value is -1.66. The van der Waals surface area contributed by atoms with E-state index < -0.39 is 23.7 Å². The van der Waals surface area contributed by atoms with Gasteiger partial charge in [0.1, 0.15) is 11.6 Å². The average Bonchev–Trinajstić information content (AvgIpc) is 2.28. The Morgan fingerprint density at radius 3 is 2.75 bits per heavy atom. The highest BCUT2D eigenvalue weighted by molar-refractivity contribution is 5.23. The molecule has 0 aliphatic heterocycles. The summed E-state index contributed by atoms with van der Waals surface area (Å²) in [7, 11) is 0. The lowest BCUT2D eigenvalue weighted by molar-refractivity contribution is 0.129. The molecule has 1 nitrogen and oxygen atoms in total. The van der Waals surface area contributed by atoms with Crippen LogP contribution in [0.2, 0.25) is 0 Å². The van der Waals surface area contributed by atoms with Crippen molar-refractivity contribution in [3.8, 4) is 12.3 Å². The summed E-state index contributed by atoms with van der Waals surface area (Å²) in [6.07, 6.45) is 5.60. The minimum Gasteiger partial charge on any atom is -0.388 e. The largest absolute Gasteiger partial charge is 0.388 e. The fourth-order valence-electron chi connectivity index (χ4n) is 1.43. The number of hydrogen-bond donors (Lipinski definition) is 1. The Kier molecular flexibility index (Phi) is 4.21. The van der Waals surface area contributed by atoms with Crippen molar-refractivity contribution in [1.82, 2.24) is 0 Å². The molecule has 0 aliphatic rings. The summed E-state index contributed by atoms with van der Waals surface area (Å²) in [4.78, 5) is 0. The van der Waals surface area contributed by atoms with Crippen molar-refractivity contribution in [2.24, 2.45) is 5.92 Å². The van der Waals surface area contributed by atoms with Gasteiger partial charge in [0.05, 0.1) is 6.10 Å². The second-order valence-corrected chi connectivity index (χ2v) is 3.42. The molecule has 3 heteroatoms. The molecule has 0 spiro atoms. The van der Waals surface area contributed by atoms with Crippen molar-refractivity contribution in [3.05, 3.63) is 48.1 Å². The van der Waals surface area contributed by atoms with Crippen molar-refractivity contribution in [1.29, 1.82) is 0 Å². The van der Waals surface area contributed by atoms with Gasteiger partial charge in [0.15, 0.2) is 0 Å². The standard InChI is InChI=1S/C13H12F2O/c1-3-5-9(4-2)13(16)11-8-10(14)6-7-12(11)15/h1,4,6-9,13,16H,2,5H2. The third-order valence-electron chi connectivity index (χ3n) is 2.34. The molecule has 2 unspecified atom stereocenters. The van der Waals surface area contributed by atoms with Crippen LogP contribution in [-0.2, 0) is 0 Å². The van der Waals surface area contributed by atoms with Crippen LogP contribution in [0.15, 0.2) is 30.9 Å². The normalized spacial score (nSPS) is 13.9. The first-order valence-electron chi connectivity index (χ1n) is 4.79. The third-order valence-corrected chi connectivity index (χ3v) is 2.34. The lowest BCUT2D eigenvalue weighted by Crippen LogP contribution is -2.11. The van der Waals surface area contributed by atoms with Gasteiger partial charge in [-0.3, -0.25) is 0 Å². The maximum Gasteiger partial charge on any atom is 0.129 e. The van der Waals surface area contributed by atoms with E-state index >= 15 is 0 Å². The second kappa shape index (κ2) is 5.43. The fourth-order valence-corrected chi connectivity index (χ4v) is 1.43. The number of aliphatic hydroxyl groups excluding tert-OH is 1. The maximum atomic E-state index is 13.3. The van der Waals surface area contributed by atoms with E-state index in [2.05, 4.69) is 12.5 Å². The van der Waals surface area contributed by atoms with Gasteiger partial charge in [0.2, 0.25) is 0 Å². The van der Waals surface area contributed by atoms with Crippen molar-refractivity contribution in [2.75, 3.05) is 0 Å². The van der Waals surface area contributed by atoms with Crippen molar-refractivity contribution < 1.29 is 13.9 Å². The minimum atomic E-state index is -1.18. The third kappa shape index (κ3) is 2.68. The van der Waals surface area contributed by atoms with Crippen molar-refractivity contribution in [2.45, 2.75) is 12.5 Å². The lowest BCUT2D eigenvalue weighted by atomic mass is 9.93. The summed E-state index contributed by atoms with van der Waals surface area (Å²) >= 11 is 0. The van der Waals surface area contributed by atoms with Crippen LogP contribution in [0.5, 0.6) is 0 Å². The molecule has 84 valence electrons. The summed E-state index contributed by atoms with van der Waals surface area (Å²) in [6.45, 7) is 3.51. The number of aliphatic hydroxyl groups is 1. The monoisotopic (exact) mass is 222 g/mol. The molecule has 0 heterocycles. The van der Waals surface area contributed by atoms with Crippen LogP contribution >= 0.6 is 0 Å². The molecule has 2 atom stereocenters. The van der Waals surface area contributed by atoms with E-state index in [4.69, 9.17) is 6.42 Å². The van der Waals surface area contributed by atoms with Crippen LogP contribution < -0.4 is 0 Å². The van der Waals surface area contributed by atoms with Crippen molar-refractivity contribution >= 4 is 0 Å². The van der Waals surface area contributed by atoms with Gasteiger partial charge in [0, 0.05) is 17.9 Å². The van der Waals surface area contributed by atoms with E-state index in [1.807, 2.05) is 0 Å². The van der Waals surface area contributed by atoms with Crippen LogP contribution in [0, 0.1) is 29.9 Å². The molecule has 0 radical (unpaired) electrons. The molecule has 0 fully saturated rings. The molecular weight excluding hydrogens is 210 g/mol. The quantitative estimate of drug-likeness (QED) is 0.613. The first-order valence-corrected chi connectivity index (χ1v) is 4.79. The SMILES string of the molecule is C#CCC(C=C)C(O)c1cc(F)ccc1F. The van der Waals surface area contributed by atoms with E-state index in [9.17, 15) is 13.9 Å². The molecule has 0 aromatic heterocycles. The highest BCUT2D eigenvalue weighted by atomic mass is 19.1. The predicted octanol–water partition coefficient (Wildman–Crippen LogP) is 2.82. The summed E-state index contributed by atoms with van der Waals surface area (Å²) in [5.41, 5.74) is -0.0971. The van der Waals surface area contributed by atoms with Crippen LogP contribution in [0.4, 0.5) is 8.78 Å². The fraction of sp³-hybridized carbons (Fsp3) is 0.231. The van der Waals surface area contributed by atoms with E-state index in [0.717, 1.165) is 18.2 Å². The summed E-state index contributed by atoms with van der Waals surface area (Å²) in [6, 6.07) is 2.94. The molecule has 16 heavy (non-hydrogen) atoms. The van der Waals surface area contributed by atoms with Gasteiger partial charge < -0.3 is 5.11 Å². The van der Waals surface area contributed by atoms with Crippen LogP contribution in [0.1, 0.15) is 18.1 Å². The molecule has 0 saturated heterocycles. The zero-order chi connectivity index (χ0) is 12.1. The smallest absolute Gasteiger partial charge is 0.129 e. The molecule has 0 amide bonds. The Morgan fingerprint density at radius 1 is 1.50 bits per heavy atom. The van der Waals surface area contributed by atoms with Crippen LogP contribution in [-0.4, -0.2) is 5.11 Å². The van der Waals surface area contributed by atoms with Gasteiger partial charge >= 0.3 is 0 Å². The number of terminal acetylenes is 1. The first-order chi connectivity index (χ1) is 7.60. The van der Waals surface area contributed by atoms with Crippen LogP contribution in [0.3, 0.4) is 0 Å². The van der Waals surface area contributed by atoms with Gasteiger partial charge in [-0.05, 0) is 18.2 Å². The van der Waals surface area contributed by atoms with E-state index in [-0.39, 0.29) is 12.0 Å². The topological polar surface area (TPSA) is 20.2 Å². The van der Waals surface area contributed by atoms with Gasteiger partial charge in [-0.2, -0.15) is 0 Å². The average molecular weight is 222 g/mol. The van der Waals surface area contributed by atoms with E-state index in [1.165, 1.54) is 6.08 Å². The van der Waals surface area contributed by atoms with Gasteiger partial charge in [-0.25, -0.2) is 8.78 Å². The number of hydrogen-bond acceptors (Lipinski definition) is 1. The highest BCUT2D eigenvalue weighted by Crippen LogP contribution is 2.27. The Morgan fingerprint density at radius 2 is 2.19 bits per heavy atom. The number of rotatable bonds is 4. The minimum absolute atomic E-state index is 0.0971. The molecule has 1 aromatic rings. The highest BCUT2D eigenvalue weighted by Gasteiger charge is 2.20. The van der Waals surface area contributed by atoms with E-state index in [0.29, 0.717) is 0 Å². The summed E-state index contributed by atoms with van der Waals surface area (Å²) in [5.74, 6) is 0.618. The predicted molar refractivity (Wildman–Crippen MR) is 58.5 cm³/mol. The molecule has 0 aliphatic carbocycles. The van der Waals surface area contributed by atoms with Crippen molar-refractivity contribution in [3.63, 3.8) is 0 Å². The van der Waals surface area contributed by atoms with Gasteiger partial charge in [0.25, 0.3) is 0 Å². The molecule has 0 bridgehead atoms. The zero-order valence-electron chi connectivity index (χ0n) is 8.66. The lowest BCUT2D eigenvalue weighted by Gasteiger charge is -2.18. The Balaban J connectivity index is 3.03. The zero-order valence-corrected chi connectivity index (χ0v) is 8.66. The van der Waals surface area contributed by atoms with Gasteiger partial charge in [-0.15, -0.1) is 18.9 Å². The van der Waals surface area contributed by atoms with E-state index in [1.54, 1.807) is 0 Å². The second-order valence-electron chi connectivity index (χ2n) is 3.42. The first kappa shape index (κ1) is 12.4. The molecule has 0 saturated carbocycles. The maximum absolute atomic E-state index is 13.3. The number of halogens is 2. The molecule has 1 N–H and O–H groups in total.